The van der Waals surface area contributed by atoms with E-state index in [4.69, 9.17) is 0 Å². The number of hydrogen-bond donors (Lipinski definition) is 1. The molecule has 1 rings (SSSR count). The first-order valence-electron chi connectivity index (χ1n) is 6.16. The zero-order valence-electron chi connectivity index (χ0n) is 11.2. The quantitative estimate of drug-likeness (QED) is 0.865. The molecular weight excluding hydrogens is 228 g/mol. The normalized spacial score (nSPS) is 9.94. The van der Waals surface area contributed by atoms with Crippen molar-refractivity contribution < 1.29 is 9.59 Å². The second-order valence-electron chi connectivity index (χ2n) is 4.29. The molecule has 0 aliphatic rings. The van der Waals surface area contributed by atoms with Gasteiger partial charge in [0.1, 0.15) is 6.54 Å². The predicted octanol–water partition coefficient (Wildman–Crippen LogP) is 1.87. The fourth-order valence-electron chi connectivity index (χ4n) is 1.57. The van der Waals surface area contributed by atoms with E-state index in [9.17, 15) is 9.59 Å². The van der Waals surface area contributed by atoms with E-state index in [-0.39, 0.29) is 18.4 Å². The highest BCUT2D eigenvalue weighted by Gasteiger charge is 2.14. The highest BCUT2D eigenvalue weighted by atomic mass is 16.2. The lowest BCUT2D eigenvalue weighted by Gasteiger charge is -2.20. The fourth-order valence-corrected chi connectivity index (χ4v) is 1.57. The average Bonchev–Trinajstić information content (AvgIpc) is 2.34. The minimum Gasteiger partial charge on any atom is -0.355 e. The van der Waals surface area contributed by atoms with Crippen molar-refractivity contribution in [2.24, 2.45) is 0 Å². The molecule has 2 amide bonds. The Hall–Kier alpha value is -1.84. The number of anilines is 1. The molecule has 0 radical (unpaired) electrons. The number of nitrogens with zero attached hydrogens (tertiary/aromatic N) is 1. The molecule has 0 spiro atoms. The van der Waals surface area contributed by atoms with Gasteiger partial charge in [0.15, 0.2) is 0 Å². The van der Waals surface area contributed by atoms with Gasteiger partial charge in [-0.25, -0.2) is 0 Å². The van der Waals surface area contributed by atoms with Crippen molar-refractivity contribution in [2.45, 2.75) is 27.2 Å². The number of carbonyl (C=O) groups is 2. The molecule has 1 N–H and O–H groups in total. The Balaban J connectivity index is 2.74. The fraction of sp³-hybridized carbons (Fsp3) is 0.429. The van der Waals surface area contributed by atoms with Crippen LogP contribution in [0.15, 0.2) is 24.3 Å². The summed E-state index contributed by atoms with van der Waals surface area (Å²) in [5, 5.41) is 2.77. The smallest absolute Gasteiger partial charge is 0.240 e. The summed E-state index contributed by atoms with van der Waals surface area (Å²) >= 11 is 0. The van der Waals surface area contributed by atoms with Crippen LogP contribution >= 0.6 is 0 Å². The Labute approximate surface area is 108 Å². The highest BCUT2D eigenvalue weighted by Crippen LogP contribution is 2.14. The maximum atomic E-state index is 11.7. The predicted molar refractivity (Wildman–Crippen MR) is 72.5 cm³/mol. The molecule has 0 fully saturated rings. The number of benzene rings is 1. The van der Waals surface area contributed by atoms with Crippen LogP contribution in [0.25, 0.3) is 0 Å². The van der Waals surface area contributed by atoms with Crippen LogP contribution in [-0.2, 0) is 9.59 Å². The van der Waals surface area contributed by atoms with E-state index in [0.29, 0.717) is 6.54 Å². The third-order valence-electron chi connectivity index (χ3n) is 2.60. The maximum absolute atomic E-state index is 11.7. The van der Waals surface area contributed by atoms with Gasteiger partial charge in [0.2, 0.25) is 11.8 Å². The van der Waals surface area contributed by atoms with Crippen molar-refractivity contribution in [3.05, 3.63) is 29.8 Å². The van der Waals surface area contributed by atoms with E-state index >= 15 is 0 Å². The van der Waals surface area contributed by atoms with Crippen molar-refractivity contribution >= 4 is 17.5 Å². The van der Waals surface area contributed by atoms with Crippen LogP contribution in [-0.4, -0.2) is 24.9 Å². The number of amides is 2. The number of carbonyl (C=O) groups excluding carboxylic acids is 2. The van der Waals surface area contributed by atoms with Crippen molar-refractivity contribution in [3.63, 3.8) is 0 Å². The van der Waals surface area contributed by atoms with E-state index in [1.807, 2.05) is 38.1 Å². The van der Waals surface area contributed by atoms with E-state index in [2.05, 4.69) is 5.32 Å². The van der Waals surface area contributed by atoms with Crippen molar-refractivity contribution in [2.75, 3.05) is 18.0 Å². The van der Waals surface area contributed by atoms with Crippen molar-refractivity contribution in [1.29, 1.82) is 0 Å². The average molecular weight is 248 g/mol. The molecule has 0 aromatic heterocycles. The summed E-state index contributed by atoms with van der Waals surface area (Å²) in [5.41, 5.74) is 1.87. The summed E-state index contributed by atoms with van der Waals surface area (Å²) in [5.74, 6) is -0.266. The van der Waals surface area contributed by atoms with E-state index in [1.54, 1.807) is 0 Å². The molecule has 0 heterocycles. The van der Waals surface area contributed by atoms with Gasteiger partial charge in [-0.15, -0.1) is 0 Å². The van der Waals surface area contributed by atoms with Gasteiger partial charge in [-0.2, -0.15) is 0 Å². The van der Waals surface area contributed by atoms with Crippen LogP contribution in [0.2, 0.25) is 0 Å². The summed E-state index contributed by atoms with van der Waals surface area (Å²) in [7, 11) is 0. The molecule has 0 unspecified atom stereocenters. The number of nitrogens with one attached hydrogen (secondary N) is 1. The Morgan fingerprint density at radius 1 is 1.22 bits per heavy atom. The topological polar surface area (TPSA) is 49.4 Å². The van der Waals surface area contributed by atoms with Crippen LogP contribution in [0.5, 0.6) is 0 Å². The Morgan fingerprint density at radius 3 is 2.33 bits per heavy atom. The monoisotopic (exact) mass is 248 g/mol. The van der Waals surface area contributed by atoms with Crippen LogP contribution in [0.3, 0.4) is 0 Å². The van der Waals surface area contributed by atoms with Gasteiger partial charge in [-0.3, -0.25) is 9.59 Å². The lowest BCUT2D eigenvalue weighted by atomic mass is 10.2. The second kappa shape index (κ2) is 6.79. The summed E-state index contributed by atoms with van der Waals surface area (Å²) in [6, 6.07) is 7.55. The molecule has 4 nitrogen and oxygen atoms in total. The summed E-state index contributed by atoms with van der Waals surface area (Å²) in [6.45, 7) is 6.14. The lowest BCUT2D eigenvalue weighted by molar-refractivity contribution is -0.123. The van der Waals surface area contributed by atoms with Crippen LogP contribution in [0, 0.1) is 6.92 Å². The molecule has 0 atom stereocenters. The largest absolute Gasteiger partial charge is 0.355 e. The Kier molecular flexibility index (Phi) is 5.36. The Morgan fingerprint density at radius 2 is 1.83 bits per heavy atom. The third kappa shape index (κ3) is 4.20. The standard InChI is InChI=1S/C14H20N2O2/c1-4-9-15-14(18)10-16(12(3)17)13-7-5-11(2)6-8-13/h5-8H,4,9-10H2,1-3H3,(H,15,18). The molecule has 0 bridgehead atoms. The maximum Gasteiger partial charge on any atom is 0.240 e. The number of aryl methyl sites for hydroxylation is 1. The van der Waals surface area contributed by atoms with Gasteiger partial charge in [-0.05, 0) is 25.5 Å². The summed E-state index contributed by atoms with van der Waals surface area (Å²) in [6.07, 6.45) is 0.885. The van der Waals surface area contributed by atoms with Gasteiger partial charge < -0.3 is 10.2 Å². The van der Waals surface area contributed by atoms with Crippen LogP contribution < -0.4 is 10.2 Å². The molecule has 1 aromatic carbocycles. The third-order valence-corrected chi connectivity index (χ3v) is 2.60. The van der Waals surface area contributed by atoms with E-state index < -0.39 is 0 Å². The van der Waals surface area contributed by atoms with Gasteiger partial charge in [0, 0.05) is 19.2 Å². The van der Waals surface area contributed by atoms with E-state index in [0.717, 1.165) is 17.7 Å². The van der Waals surface area contributed by atoms with Gasteiger partial charge in [-0.1, -0.05) is 24.6 Å². The van der Waals surface area contributed by atoms with Crippen LogP contribution in [0.1, 0.15) is 25.8 Å². The molecule has 4 heteroatoms. The molecule has 0 aliphatic heterocycles. The van der Waals surface area contributed by atoms with Crippen molar-refractivity contribution in [1.82, 2.24) is 5.32 Å². The highest BCUT2D eigenvalue weighted by molar-refractivity contribution is 5.97. The SMILES string of the molecule is CCCNC(=O)CN(C(C)=O)c1ccc(C)cc1. The lowest BCUT2D eigenvalue weighted by Crippen LogP contribution is -2.40. The van der Waals surface area contributed by atoms with Gasteiger partial charge in [0.05, 0.1) is 0 Å². The molecular formula is C14H20N2O2. The first-order chi connectivity index (χ1) is 8.54. The minimum absolute atomic E-state index is 0.0679. The molecule has 18 heavy (non-hydrogen) atoms. The molecule has 0 aliphatic carbocycles. The zero-order valence-corrected chi connectivity index (χ0v) is 11.2. The minimum atomic E-state index is -0.134. The van der Waals surface area contributed by atoms with Gasteiger partial charge >= 0.3 is 0 Å². The first-order valence-corrected chi connectivity index (χ1v) is 6.16. The first kappa shape index (κ1) is 14.2. The van der Waals surface area contributed by atoms with Gasteiger partial charge in [0.25, 0.3) is 0 Å². The number of rotatable bonds is 5. The molecule has 0 saturated carbocycles. The molecule has 98 valence electrons. The zero-order chi connectivity index (χ0) is 13.5. The molecule has 0 saturated heterocycles. The second-order valence-corrected chi connectivity index (χ2v) is 4.29. The van der Waals surface area contributed by atoms with E-state index in [1.165, 1.54) is 11.8 Å². The summed E-state index contributed by atoms with van der Waals surface area (Å²) in [4.78, 5) is 24.7. The summed E-state index contributed by atoms with van der Waals surface area (Å²) < 4.78 is 0. The molecule has 1 aromatic rings. The Bertz CT molecular complexity index is 412. The van der Waals surface area contributed by atoms with Crippen LogP contribution in [0.4, 0.5) is 5.69 Å². The number of hydrogen-bond acceptors (Lipinski definition) is 2. The van der Waals surface area contributed by atoms with Crippen molar-refractivity contribution in [3.8, 4) is 0 Å².